The minimum absolute atomic E-state index is 0.0188. The lowest BCUT2D eigenvalue weighted by Crippen LogP contribution is -2.98. The van der Waals surface area contributed by atoms with Gasteiger partial charge in [-0.25, -0.2) is 0 Å². The topological polar surface area (TPSA) is 88.8 Å². The minimum atomic E-state index is -0.0412. The lowest BCUT2D eigenvalue weighted by atomic mass is 9.85. The zero-order chi connectivity index (χ0) is 14.3. The van der Waals surface area contributed by atoms with Crippen LogP contribution in [0.5, 0.6) is 0 Å². The second-order valence-corrected chi connectivity index (χ2v) is 5.00. The summed E-state index contributed by atoms with van der Waals surface area (Å²) in [5.41, 5.74) is 15.9. The van der Waals surface area contributed by atoms with Gasteiger partial charge in [0.15, 0.2) is 5.69 Å². The van der Waals surface area contributed by atoms with Gasteiger partial charge in [-0.1, -0.05) is 18.2 Å². The molecule has 5 heteroatoms. The highest BCUT2D eigenvalue weighted by Crippen LogP contribution is 2.40. The molecule has 2 unspecified atom stereocenters. The maximum atomic E-state index is 12.6. The van der Waals surface area contributed by atoms with Gasteiger partial charge in [-0.15, -0.1) is 0 Å². The number of nitrogen functional groups attached to an aromatic ring is 2. The highest BCUT2D eigenvalue weighted by Gasteiger charge is 2.33. The van der Waals surface area contributed by atoms with Crippen molar-refractivity contribution in [1.82, 2.24) is 0 Å². The number of benzene rings is 2. The molecule has 2 aromatic rings. The standard InChI is InChI=1S/C15H17N3O2/c1-20-8-12-10-4-2-3-5-14(10)18(19)15-11(12)6-9(16)7-13(15)17/h2-7,12,18H,8,16-17H2,1H3. The Morgan fingerprint density at radius 1 is 1.20 bits per heavy atom. The maximum Gasteiger partial charge on any atom is 0.163 e. The summed E-state index contributed by atoms with van der Waals surface area (Å²) >= 11 is 0. The van der Waals surface area contributed by atoms with Crippen molar-refractivity contribution in [2.75, 3.05) is 25.2 Å². The molecule has 1 heterocycles. The van der Waals surface area contributed by atoms with E-state index in [2.05, 4.69) is 0 Å². The van der Waals surface area contributed by atoms with Crippen LogP contribution in [0, 0.1) is 5.21 Å². The Balaban J connectivity index is 2.26. The molecule has 20 heavy (non-hydrogen) atoms. The Kier molecular flexibility index (Phi) is 3.10. The fourth-order valence-electron chi connectivity index (χ4n) is 2.90. The van der Waals surface area contributed by atoms with Crippen LogP contribution in [0.2, 0.25) is 0 Å². The van der Waals surface area contributed by atoms with Crippen molar-refractivity contribution in [2.45, 2.75) is 5.92 Å². The molecule has 0 bridgehead atoms. The fraction of sp³-hybridized carbons (Fsp3) is 0.200. The average molecular weight is 271 g/mol. The molecular weight excluding hydrogens is 254 g/mol. The van der Waals surface area contributed by atoms with Gasteiger partial charge in [-0.05, 0) is 12.1 Å². The van der Waals surface area contributed by atoms with Gasteiger partial charge in [-0.2, -0.15) is 0 Å². The first-order chi connectivity index (χ1) is 9.63. The Morgan fingerprint density at radius 2 is 1.95 bits per heavy atom. The van der Waals surface area contributed by atoms with Crippen molar-refractivity contribution in [2.24, 2.45) is 0 Å². The van der Waals surface area contributed by atoms with Crippen LogP contribution < -0.4 is 16.5 Å². The summed E-state index contributed by atoms with van der Waals surface area (Å²) in [4.78, 5) is 0. The Morgan fingerprint density at radius 3 is 2.70 bits per heavy atom. The molecule has 5 nitrogen and oxygen atoms in total. The monoisotopic (exact) mass is 271 g/mol. The number of methoxy groups -OCH3 is 1. The number of anilines is 2. The Labute approximate surface area is 117 Å². The summed E-state index contributed by atoms with van der Waals surface area (Å²) < 4.78 is 5.32. The molecular formula is C15H17N3O2. The van der Waals surface area contributed by atoms with Crippen molar-refractivity contribution in [3.05, 3.63) is 52.7 Å². The molecule has 2 atom stereocenters. The Hall–Kier alpha value is -2.08. The van der Waals surface area contributed by atoms with Gasteiger partial charge in [0.2, 0.25) is 0 Å². The highest BCUT2D eigenvalue weighted by molar-refractivity contribution is 5.74. The molecule has 5 N–H and O–H groups in total. The number of hydrogen-bond acceptors (Lipinski definition) is 4. The number of ether oxygens (including phenoxy) is 1. The molecule has 1 aliphatic rings. The highest BCUT2D eigenvalue weighted by atomic mass is 16.5. The fourth-order valence-corrected chi connectivity index (χ4v) is 2.90. The lowest BCUT2D eigenvalue weighted by Gasteiger charge is -2.35. The predicted octanol–water partition coefficient (Wildman–Crippen LogP) is 1.29. The van der Waals surface area contributed by atoms with E-state index in [-0.39, 0.29) is 11.0 Å². The number of nitrogens with two attached hydrogens (primary N) is 2. The number of fused-ring (bicyclic) bond motifs is 2. The summed E-state index contributed by atoms with van der Waals surface area (Å²) in [5, 5.41) is 12.6. The van der Waals surface area contributed by atoms with E-state index in [1.54, 1.807) is 13.2 Å². The van der Waals surface area contributed by atoms with Gasteiger partial charge in [0.05, 0.1) is 12.3 Å². The summed E-state index contributed by atoms with van der Waals surface area (Å²) in [6.07, 6.45) is 0. The molecule has 3 rings (SSSR count). The molecule has 0 fully saturated rings. The maximum absolute atomic E-state index is 12.6. The smallest absolute Gasteiger partial charge is 0.163 e. The van der Waals surface area contributed by atoms with E-state index >= 15 is 0 Å². The summed E-state index contributed by atoms with van der Waals surface area (Å²) in [7, 11) is 1.65. The molecule has 0 aliphatic carbocycles. The number of nitrogens with one attached hydrogen (secondary N) is 1. The van der Waals surface area contributed by atoms with Crippen molar-refractivity contribution >= 4 is 22.7 Å². The van der Waals surface area contributed by atoms with Gasteiger partial charge in [0.25, 0.3) is 0 Å². The van der Waals surface area contributed by atoms with Gasteiger partial charge in [0, 0.05) is 35.9 Å². The van der Waals surface area contributed by atoms with Crippen LogP contribution in [0.3, 0.4) is 0 Å². The van der Waals surface area contributed by atoms with E-state index in [1.165, 1.54) is 0 Å². The second-order valence-electron chi connectivity index (χ2n) is 5.00. The number of para-hydroxylation sites is 1. The number of rotatable bonds is 2. The van der Waals surface area contributed by atoms with Crippen LogP contribution in [-0.4, -0.2) is 13.7 Å². The summed E-state index contributed by atoms with van der Waals surface area (Å²) in [6, 6.07) is 11.0. The molecule has 0 saturated carbocycles. The SMILES string of the molecule is COCC1c2ccccc2[NH+]([O-])c2c(N)cc(N)cc21. The van der Waals surface area contributed by atoms with Crippen molar-refractivity contribution in [1.29, 1.82) is 0 Å². The van der Waals surface area contributed by atoms with E-state index in [9.17, 15) is 5.21 Å². The second kappa shape index (κ2) is 4.79. The molecule has 0 amide bonds. The zero-order valence-electron chi connectivity index (χ0n) is 11.2. The third-order valence-corrected chi connectivity index (χ3v) is 3.74. The quantitative estimate of drug-likeness (QED) is 0.567. The van der Waals surface area contributed by atoms with Crippen LogP contribution in [0.4, 0.5) is 22.7 Å². The third kappa shape index (κ3) is 1.84. The van der Waals surface area contributed by atoms with Gasteiger partial charge >= 0.3 is 0 Å². The third-order valence-electron chi connectivity index (χ3n) is 3.74. The first-order valence-corrected chi connectivity index (χ1v) is 6.45. The molecule has 1 aliphatic heterocycles. The number of quaternary nitrogens is 1. The largest absolute Gasteiger partial charge is 0.623 e. The molecule has 2 aromatic carbocycles. The van der Waals surface area contributed by atoms with Crippen LogP contribution in [0.15, 0.2) is 36.4 Å². The predicted molar refractivity (Wildman–Crippen MR) is 79.1 cm³/mol. The normalized spacial score (nSPS) is 20.3. The minimum Gasteiger partial charge on any atom is -0.623 e. The Bertz CT molecular complexity index is 658. The first-order valence-electron chi connectivity index (χ1n) is 6.45. The summed E-state index contributed by atoms with van der Waals surface area (Å²) in [5.74, 6) is -0.0188. The van der Waals surface area contributed by atoms with Crippen LogP contribution in [0.1, 0.15) is 17.0 Å². The molecule has 0 radical (unpaired) electrons. The zero-order valence-corrected chi connectivity index (χ0v) is 11.2. The molecule has 104 valence electrons. The first kappa shape index (κ1) is 12.9. The van der Waals surface area contributed by atoms with E-state index in [0.29, 0.717) is 29.4 Å². The van der Waals surface area contributed by atoms with E-state index in [0.717, 1.165) is 11.1 Å². The van der Waals surface area contributed by atoms with E-state index < -0.39 is 0 Å². The van der Waals surface area contributed by atoms with Crippen molar-refractivity contribution in [3.8, 4) is 0 Å². The summed E-state index contributed by atoms with van der Waals surface area (Å²) in [6.45, 7) is 0.486. The lowest BCUT2D eigenvalue weighted by molar-refractivity contribution is -0.700. The van der Waals surface area contributed by atoms with Crippen molar-refractivity contribution in [3.63, 3.8) is 0 Å². The van der Waals surface area contributed by atoms with Crippen LogP contribution in [-0.2, 0) is 4.74 Å². The molecule has 0 saturated heterocycles. The van der Waals surface area contributed by atoms with Gasteiger partial charge in [-0.3, -0.25) is 0 Å². The van der Waals surface area contributed by atoms with Gasteiger partial charge in [0.1, 0.15) is 5.69 Å². The van der Waals surface area contributed by atoms with E-state index in [4.69, 9.17) is 16.2 Å². The van der Waals surface area contributed by atoms with Crippen molar-refractivity contribution < 1.29 is 9.80 Å². The van der Waals surface area contributed by atoms with Crippen LogP contribution >= 0.6 is 0 Å². The molecule has 0 aromatic heterocycles. The average Bonchev–Trinajstić information content (AvgIpc) is 2.42. The molecule has 0 spiro atoms. The number of hydrogen-bond donors (Lipinski definition) is 3. The van der Waals surface area contributed by atoms with Crippen LogP contribution in [0.25, 0.3) is 0 Å². The van der Waals surface area contributed by atoms with Gasteiger partial charge < -0.3 is 26.5 Å². The van der Waals surface area contributed by atoms with E-state index in [1.807, 2.05) is 30.3 Å².